The molecule has 1 aromatic rings. The third-order valence-electron chi connectivity index (χ3n) is 2.02. The van der Waals surface area contributed by atoms with Crippen molar-refractivity contribution in [1.82, 2.24) is 14.9 Å². The van der Waals surface area contributed by atoms with Crippen LogP contribution in [0.2, 0.25) is 0 Å². The molecule has 0 aromatic carbocycles. The van der Waals surface area contributed by atoms with Crippen molar-refractivity contribution in [3.8, 4) is 0 Å². The molecular formula is C10H17N3S. The van der Waals surface area contributed by atoms with E-state index >= 15 is 0 Å². The molecule has 1 atom stereocenters. The minimum Gasteiger partial charge on any atom is -0.309 e. The van der Waals surface area contributed by atoms with E-state index in [1.807, 2.05) is 12.3 Å². The maximum atomic E-state index is 3.89. The molecule has 0 saturated carbocycles. The van der Waals surface area contributed by atoms with Crippen LogP contribution in [0.25, 0.3) is 0 Å². The first-order valence-electron chi connectivity index (χ1n) is 5.00. The minimum absolute atomic E-state index is 0.396. The summed E-state index contributed by atoms with van der Waals surface area (Å²) in [7, 11) is 0. The number of allylic oxidation sites excluding steroid dienone is 1. The number of rotatable bonds is 7. The summed E-state index contributed by atoms with van der Waals surface area (Å²) >= 11 is 1.47. The van der Waals surface area contributed by atoms with Gasteiger partial charge in [-0.1, -0.05) is 17.5 Å². The van der Waals surface area contributed by atoms with Crippen molar-refractivity contribution in [3.05, 3.63) is 23.7 Å². The predicted octanol–water partition coefficient (Wildman–Crippen LogP) is 2.55. The van der Waals surface area contributed by atoms with Gasteiger partial charge in [0.2, 0.25) is 0 Å². The fourth-order valence-corrected chi connectivity index (χ4v) is 1.89. The van der Waals surface area contributed by atoms with Gasteiger partial charge in [-0.3, -0.25) is 0 Å². The Bertz CT molecular complexity index is 246. The van der Waals surface area contributed by atoms with Crippen LogP contribution in [-0.2, 0) is 0 Å². The quantitative estimate of drug-likeness (QED) is 0.704. The zero-order chi connectivity index (χ0) is 10.2. The molecular weight excluding hydrogens is 194 g/mol. The summed E-state index contributed by atoms with van der Waals surface area (Å²) in [5, 5.41) is 7.35. The molecule has 1 unspecified atom stereocenters. The molecule has 4 heteroatoms. The molecule has 0 fully saturated rings. The van der Waals surface area contributed by atoms with Crippen molar-refractivity contribution < 1.29 is 0 Å². The summed E-state index contributed by atoms with van der Waals surface area (Å²) in [6.45, 7) is 6.95. The van der Waals surface area contributed by atoms with Crippen LogP contribution >= 0.6 is 11.5 Å². The van der Waals surface area contributed by atoms with E-state index in [0.29, 0.717) is 6.04 Å². The first-order valence-corrected chi connectivity index (χ1v) is 5.77. The average molecular weight is 211 g/mol. The zero-order valence-electron chi connectivity index (χ0n) is 8.57. The van der Waals surface area contributed by atoms with Crippen molar-refractivity contribution in [2.45, 2.75) is 32.2 Å². The minimum atomic E-state index is 0.396. The predicted molar refractivity (Wildman–Crippen MR) is 60.4 cm³/mol. The standard InChI is InChI=1S/C10H17N3S/c1-3-5-6-9(11-7-4-2)10-8-12-13-14-10/h3,8-9,11H,1,4-7H2,2H3. The van der Waals surface area contributed by atoms with Crippen molar-refractivity contribution in [1.29, 1.82) is 0 Å². The van der Waals surface area contributed by atoms with Crippen LogP contribution in [0.15, 0.2) is 18.9 Å². The molecule has 0 spiro atoms. The topological polar surface area (TPSA) is 37.8 Å². The van der Waals surface area contributed by atoms with Crippen molar-refractivity contribution >= 4 is 11.5 Å². The van der Waals surface area contributed by atoms with Gasteiger partial charge in [0.05, 0.1) is 11.1 Å². The van der Waals surface area contributed by atoms with Gasteiger partial charge in [-0.05, 0) is 37.3 Å². The molecule has 0 aliphatic rings. The van der Waals surface area contributed by atoms with E-state index in [4.69, 9.17) is 0 Å². The number of nitrogens with one attached hydrogen (secondary N) is 1. The first kappa shape index (κ1) is 11.3. The molecule has 3 nitrogen and oxygen atoms in total. The van der Waals surface area contributed by atoms with Gasteiger partial charge in [0.25, 0.3) is 0 Å². The molecule has 0 radical (unpaired) electrons. The van der Waals surface area contributed by atoms with Crippen LogP contribution in [0.5, 0.6) is 0 Å². The highest BCUT2D eigenvalue weighted by molar-refractivity contribution is 7.05. The second-order valence-corrected chi connectivity index (χ2v) is 4.01. The van der Waals surface area contributed by atoms with Crippen LogP contribution in [0.1, 0.15) is 37.1 Å². The summed E-state index contributed by atoms with van der Waals surface area (Å²) in [6, 6.07) is 0.396. The molecule has 0 aliphatic heterocycles. The second-order valence-electron chi connectivity index (χ2n) is 3.19. The fourth-order valence-electron chi connectivity index (χ4n) is 1.28. The summed E-state index contributed by atoms with van der Waals surface area (Å²) in [4.78, 5) is 1.22. The smallest absolute Gasteiger partial charge is 0.0669 e. The fraction of sp³-hybridized carbons (Fsp3) is 0.600. The lowest BCUT2D eigenvalue weighted by Gasteiger charge is -2.14. The van der Waals surface area contributed by atoms with E-state index in [1.165, 1.54) is 16.4 Å². The Morgan fingerprint density at radius 3 is 3.14 bits per heavy atom. The Morgan fingerprint density at radius 2 is 2.57 bits per heavy atom. The van der Waals surface area contributed by atoms with Gasteiger partial charge in [0.15, 0.2) is 0 Å². The van der Waals surface area contributed by atoms with Gasteiger partial charge in [-0.25, -0.2) is 0 Å². The van der Waals surface area contributed by atoms with Gasteiger partial charge in [0, 0.05) is 6.04 Å². The van der Waals surface area contributed by atoms with Gasteiger partial charge in [0.1, 0.15) is 0 Å². The van der Waals surface area contributed by atoms with Crippen LogP contribution < -0.4 is 5.32 Å². The van der Waals surface area contributed by atoms with Crippen molar-refractivity contribution in [2.24, 2.45) is 0 Å². The zero-order valence-corrected chi connectivity index (χ0v) is 9.39. The molecule has 0 saturated heterocycles. The number of hydrogen-bond acceptors (Lipinski definition) is 4. The Kier molecular flexibility index (Phi) is 5.40. The highest BCUT2D eigenvalue weighted by Crippen LogP contribution is 2.20. The first-order chi connectivity index (χ1) is 6.88. The summed E-state index contributed by atoms with van der Waals surface area (Å²) in [5.74, 6) is 0. The summed E-state index contributed by atoms with van der Waals surface area (Å²) in [5.41, 5.74) is 0. The van der Waals surface area contributed by atoms with Gasteiger partial charge >= 0.3 is 0 Å². The molecule has 1 N–H and O–H groups in total. The Morgan fingerprint density at radius 1 is 1.71 bits per heavy atom. The van der Waals surface area contributed by atoms with Crippen LogP contribution in [-0.4, -0.2) is 16.1 Å². The SMILES string of the molecule is C=CCCC(NCCC)c1cnns1. The average Bonchev–Trinajstić information content (AvgIpc) is 2.71. The molecule has 0 aliphatic carbocycles. The number of hydrogen-bond donors (Lipinski definition) is 1. The Labute approximate surface area is 89.4 Å². The lowest BCUT2D eigenvalue weighted by molar-refractivity contribution is 0.509. The summed E-state index contributed by atoms with van der Waals surface area (Å²) in [6.07, 6.45) is 7.06. The van der Waals surface area contributed by atoms with E-state index in [9.17, 15) is 0 Å². The molecule has 1 aromatic heterocycles. The maximum absolute atomic E-state index is 3.89. The monoisotopic (exact) mass is 211 g/mol. The second kappa shape index (κ2) is 6.68. The van der Waals surface area contributed by atoms with E-state index in [1.54, 1.807) is 0 Å². The highest BCUT2D eigenvalue weighted by atomic mass is 32.1. The van der Waals surface area contributed by atoms with Crippen molar-refractivity contribution in [3.63, 3.8) is 0 Å². The van der Waals surface area contributed by atoms with Gasteiger partial charge < -0.3 is 5.32 Å². The van der Waals surface area contributed by atoms with Crippen LogP contribution in [0, 0.1) is 0 Å². The van der Waals surface area contributed by atoms with E-state index in [0.717, 1.165) is 25.8 Å². The maximum Gasteiger partial charge on any atom is 0.0669 e. The number of nitrogens with zero attached hydrogens (tertiary/aromatic N) is 2. The Balaban J connectivity index is 2.48. The van der Waals surface area contributed by atoms with Crippen molar-refractivity contribution in [2.75, 3.05) is 6.54 Å². The van der Waals surface area contributed by atoms with E-state index < -0.39 is 0 Å². The molecule has 0 amide bonds. The lowest BCUT2D eigenvalue weighted by atomic mass is 10.1. The molecule has 14 heavy (non-hydrogen) atoms. The van der Waals surface area contributed by atoms with Gasteiger partial charge in [-0.15, -0.1) is 11.7 Å². The van der Waals surface area contributed by atoms with Gasteiger partial charge in [-0.2, -0.15) is 0 Å². The highest BCUT2D eigenvalue weighted by Gasteiger charge is 2.11. The van der Waals surface area contributed by atoms with E-state index in [2.05, 4.69) is 28.4 Å². The third kappa shape index (κ3) is 3.55. The Hall–Kier alpha value is -0.740. The third-order valence-corrected chi connectivity index (χ3v) is 2.80. The largest absolute Gasteiger partial charge is 0.309 e. The lowest BCUT2D eigenvalue weighted by Crippen LogP contribution is -2.21. The molecule has 1 heterocycles. The normalized spacial score (nSPS) is 12.6. The van der Waals surface area contributed by atoms with Crippen LogP contribution in [0.4, 0.5) is 0 Å². The summed E-state index contributed by atoms with van der Waals surface area (Å²) < 4.78 is 3.89. The number of aromatic nitrogens is 2. The molecule has 0 bridgehead atoms. The molecule has 1 rings (SSSR count). The van der Waals surface area contributed by atoms with E-state index in [-0.39, 0.29) is 0 Å². The van der Waals surface area contributed by atoms with Crippen LogP contribution in [0.3, 0.4) is 0 Å². The molecule has 78 valence electrons.